The van der Waals surface area contributed by atoms with E-state index in [2.05, 4.69) is 5.32 Å². The van der Waals surface area contributed by atoms with Crippen molar-refractivity contribution in [2.75, 3.05) is 20.6 Å². The Balaban J connectivity index is 1.96. The molecule has 0 bridgehead atoms. The summed E-state index contributed by atoms with van der Waals surface area (Å²) in [6.07, 6.45) is 3.12. The number of amides is 3. The van der Waals surface area contributed by atoms with Crippen molar-refractivity contribution in [3.8, 4) is 0 Å². The highest BCUT2D eigenvalue weighted by molar-refractivity contribution is 5.95. The maximum atomic E-state index is 14.2. The van der Waals surface area contributed by atoms with Crippen LogP contribution in [0.15, 0.2) is 78.9 Å². The molecule has 4 N–H and O–H groups in total. The summed E-state index contributed by atoms with van der Waals surface area (Å²) in [5.74, 6) is -1.68. The number of hydrogen-bond acceptors (Lipinski definition) is 5. The Morgan fingerprint density at radius 2 is 1.53 bits per heavy atom. The molecule has 0 fully saturated rings. The molecule has 0 radical (unpaired) electrons. The zero-order chi connectivity index (χ0) is 31.7. The third kappa shape index (κ3) is 10.0. The third-order valence-electron chi connectivity index (χ3n) is 7.28. The van der Waals surface area contributed by atoms with Gasteiger partial charge in [0.25, 0.3) is 0 Å². The quantitative estimate of drug-likeness (QED) is 0.263. The molecular weight excluding hydrogens is 547 g/mol. The van der Waals surface area contributed by atoms with Gasteiger partial charge in [-0.3, -0.25) is 14.4 Å². The van der Waals surface area contributed by atoms with Gasteiger partial charge in [0.15, 0.2) is 0 Å². The van der Waals surface area contributed by atoms with Crippen LogP contribution in [0.4, 0.5) is 4.39 Å². The average Bonchev–Trinajstić information content (AvgIpc) is 2.96. The summed E-state index contributed by atoms with van der Waals surface area (Å²) in [7, 11) is 3.09. The fraction of sp³-hybridized carbons (Fsp3) is 0.382. The molecule has 9 heteroatoms. The summed E-state index contributed by atoms with van der Waals surface area (Å²) in [6, 6.07) is 17.6. The number of nitrogens with one attached hydrogen (secondary N) is 1. The van der Waals surface area contributed by atoms with Crippen LogP contribution in [0.3, 0.4) is 0 Å². The molecule has 3 aromatic carbocycles. The van der Waals surface area contributed by atoms with Crippen molar-refractivity contribution in [2.45, 2.75) is 63.8 Å². The van der Waals surface area contributed by atoms with E-state index >= 15 is 0 Å². The number of nitrogens with zero attached hydrogens (tertiary/aromatic N) is 2. The number of hydrogen-bond donors (Lipinski definition) is 3. The highest BCUT2D eigenvalue weighted by Crippen LogP contribution is 2.20. The summed E-state index contributed by atoms with van der Waals surface area (Å²) in [5, 5.41) is 14.5. The Morgan fingerprint density at radius 3 is 2.16 bits per heavy atom. The van der Waals surface area contributed by atoms with E-state index in [1.807, 2.05) is 56.3 Å². The molecule has 3 amide bonds. The number of rotatable bonds is 13. The molecule has 0 aromatic heterocycles. The van der Waals surface area contributed by atoms with E-state index in [9.17, 15) is 23.9 Å². The molecule has 0 spiro atoms. The van der Waals surface area contributed by atoms with Crippen LogP contribution in [0.1, 0.15) is 38.3 Å². The first-order valence-corrected chi connectivity index (χ1v) is 14.4. The standard InChI is InChI=1S/C34H43FN4O4/c1-23(40)22-37-32(42)29(20-24-13-16-28(35)17-14-24)39(5)33(43)30(38(4)31(41)11-8-18-34(2,3)36)21-25-12-15-26-9-6-7-10-27(26)19-25/h6-17,19,23,29-30,40H,18,20-22,36H2,1-5H3,(H,37,42)/b11-8+/t23-,29-,30-/m1/s1. The van der Waals surface area contributed by atoms with E-state index in [0.29, 0.717) is 12.0 Å². The van der Waals surface area contributed by atoms with Crippen molar-refractivity contribution in [3.63, 3.8) is 0 Å². The number of aliphatic hydroxyl groups excluding tert-OH is 1. The Bertz CT molecular complexity index is 1430. The molecule has 43 heavy (non-hydrogen) atoms. The minimum Gasteiger partial charge on any atom is -0.392 e. The second-order valence-corrected chi connectivity index (χ2v) is 11.8. The lowest BCUT2D eigenvalue weighted by molar-refractivity contribution is -0.146. The lowest BCUT2D eigenvalue weighted by Crippen LogP contribution is -2.56. The van der Waals surface area contributed by atoms with Crippen LogP contribution in [0.25, 0.3) is 10.8 Å². The largest absolute Gasteiger partial charge is 0.392 e. The van der Waals surface area contributed by atoms with E-state index in [-0.39, 0.29) is 25.3 Å². The summed E-state index contributed by atoms with van der Waals surface area (Å²) in [4.78, 5) is 43.6. The number of fused-ring (bicyclic) bond motifs is 1. The predicted octanol–water partition coefficient (Wildman–Crippen LogP) is 3.60. The zero-order valence-corrected chi connectivity index (χ0v) is 25.6. The van der Waals surface area contributed by atoms with Crippen LogP contribution in [-0.2, 0) is 27.2 Å². The van der Waals surface area contributed by atoms with E-state index in [4.69, 9.17) is 5.73 Å². The molecule has 0 aliphatic heterocycles. The summed E-state index contributed by atoms with van der Waals surface area (Å²) in [6.45, 7) is 5.26. The van der Waals surface area contributed by atoms with Gasteiger partial charge in [0.05, 0.1) is 6.10 Å². The van der Waals surface area contributed by atoms with E-state index in [1.54, 1.807) is 32.2 Å². The Hall–Kier alpha value is -4.08. The van der Waals surface area contributed by atoms with Gasteiger partial charge < -0.3 is 26.0 Å². The molecule has 3 rings (SSSR count). The molecular formula is C34H43FN4O4. The minimum absolute atomic E-state index is 0.00196. The average molecular weight is 591 g/mol. The number of nitrogens with two attached hydrogens (primary N) is 1. The lowest BCUT2D eigenvalue weighted by Gasteiger charge is -2.34. The molecule has 0 unspecified atom stereocenters. The van der Waals surface area contributed by atoms with Crippen LogP contribution in [-0.4, -0.2) is 77.0 Å². The highest BCUT2D eigenvalue weighted by atomic mass is 19.1. The normalized spacial score (nSPS) is 13.9. The smallest absolute Gasteiger partial charge is 0.246 e. The van der Waals surface area contributed by atoms with Gasteiger partial charge in [-0.05, 0) is 67.3 Å². The first kappa shape index (κ1) is 33.4. The summed E-state index contributed by atoms with van der Waals surface area (Å²) in [5.41, 5.74) is 7.07. The van der Waals surface area contributed by atoms with Crippen molar-refractivity contribution in [1.29, 1.82) is 0 Å². The molecule has 0 aliphatic carbocycles. The highest BCUT2D eigenvalue weighted by Gasteiger charge is 2.35. The molecule has 8 nitrogen and oxygen atoms in total. The van der Waals surface area contributed by atoms with Gasteiger partial charge in [0.1, 0.15) is 17.9 Å². The van der Waals surface area contributed by atoms with E-state index < -0.39 is 41.4 Å². The van der Waals surface area contributed by atoms with Gasteiger partial charge >= 0.3 is 0 Å². The predicted molar refractivity (Wildman–Crippen MR) is 168 cm³/mol. The Kier molecular flexibility index (Phi) is 11.6. The molecule has 3 atom stereocenters. The van der Waals surface area contributed by atoms with Crippen LogP contribution >= 0.6 is 0 Å². The Labute approximate surface area is 253 Å². The number of likely N-dealkylation sites (N-methyl/N-ethyl adjacent to an activating group) is 2. The van der Waals surface area contributed by atoms with Crippen molar-refractivity contribution in [1.82, 2.24) is 15.1 Å². The number of halogens is 1. The topological polar surface area (TPSA) is 116 Å². The molecule has 0 heterocycles. The Morgan fingerprint density at radius 1 is 0.930 bits per heavy atom. The van der Waals surface area contributed by atoms with Gasteiger partial charge in [0, 0.05) is 39.0 Å². The van der Waals surface area contributed by atoms with Crippen molar-refractivity contribution in [2.24, 2.45) is 5.73 Å². The van der Waals surface area contributed by atoms with Gasteiger partial charge in [0.2, 0.25) is 17.7 Å². The first-order chi connectivity index (χ1) is 20.2. The van der Waals surface area contributed by atoms with Crippen LogP contribution < -0.4 is 11.1 Å². The second-order valence-electron chi connectivity index (χ2n) is 11.8. The van der Waals surface area contributed by atoms with E-state index in [1.165, 1.54) is 35.1 Å². The maximum absolute atomic E-state index is 14.2. The minimum atomic E-state index is -0.979. The summed E-state index contributed by atoms with van der Waals surface area (Å²) < 4.78 is 13.6. The van der Waals surface area contributed by atoms with Crippen LogP contribution in [0.2, 0.25) is 0 Å². The lowest BCUT2D eigenvalue weighted by atomic mass is 9.98. The SMILES string of the molecule is C[C@@H](O)CNC(=O)[C@@H](Cc1ccc(F)cc1)N(C)C(=O)[C@@H](Cc1ccc2ccccc2c1)N(C)C(=O)/C=C/CC(C)(C)N. The van der Waals surface area contributed by atoms with Gasteiger partial charge in [-0.25, -0.2) is 4.39 Å². The monoisotopic (exact) mass is 590 g/mol. The number of carbonyl (C=O) groups excluding carboxylic acids is 3. The summed E-state index contributed by atoms with van der Waals surface area (Å²) >= 11 is 0. The van der Waals surface area contributed by atoms with Crippen molar-refractivity contribution in [3.05, 3.63) is 95.8 Å². The molecule has 3 aromatic rings. The third-order valence-corrected chi connectivity index (χ3v) is 7.28. The van der Waals surface area contributed by atoms with Crippen LogP contribution in [0, 0.1) is 5.82 Å². The molecule has 230 valence electrons. The van der Waals surface area contributed by atoms with Gasteiger partial charge in [-0.2, -0.15) is 0 Å². The van der Waals surface area contributed by atoms with Crippen LogP contribution in [0.5, 0.6) is 0 Å². The molecule has 0 saturated carbocycles. The second kappa shape index (κ2) is 14.9. The fourth-order valence-corrected chi connectivity index (χ4v) is 4.72. The number of aliphatic hydroxyl groups is 1. The van der Waals surface area contributed by atoms with Crippen molar-refractivity contribution < 1.29 is 23.9 Å². The number of benzene rings is 3. The first-order valence-electron chi connectivity index (χ1n) is 14.4. The fourth-order valence-electron chi connectivity index (χ4n) is 4.72. The van der Waals surface area contributed by atoms with Gasteiger partial charge in [-0.1, -0.05) is 60.7 Å². The molecule has 0 aliphatic rings. The van der Waals surface area contributed by atoms with Crippen molar-refractivity contribution >= 4 is 28.5 Å². The number of carbonyl (C=O) groups is 3. The maximum Gasteiger partial charge on any atom is 0.246 e. The molecule has 0 saturated heterocycles. The van der Waals surface area contributed by atoms with Gasteiger partial charge in [-0.15, -0.1) is 0 Å². The zero-order valence-electron chi connectivity index (χ0n) is 25.6. The van der Waals surface area contributed by atoms with E-state index in [0.717, 1.165) is 16.3 Å².